The third-order valence-electron chi connectivity index (χ3n) is 4.63. The summed E-state index contributed by atoms with van der Waals surface area (Å²) in [7, 11) is 0. The third kappa shape index (κ3) is 5.44. The molecule has 0 radical (unpaired) electrons. The molecule has 0 spiro atoms. The minimum atomic E-state index is -4.80. The topological polar surface area (TPSA) is 16.1 Å². The summed E-state index contributed by atoms with van der Waals surface area (Å²) in [5.41, 5.74) is -2.03. The Bertz CT molecular complexity index is 1220. The number of benzene rings is 2. The first-order valence-electron chi connectivity index (χ1n) is 9.58. The van der Waals surface area contributed by atoms with Crippen LogP contribution >= 0.6 is 12.6 Å². The second-order valence-electron chi connectivity index (χ2n) is 6.73. The molecule has 0 aliphatic carbocycles. The predicted octanol–water partition coefficient (Wildman–Crippen LogP) is 7.22. The lowest BCUT2D eigenvalue weighted by atomic mass is 9.98. The van der Waals surface area contributed by atoms with Crippen LogP contribution in [-0.2, 0) is 6.18 Å². The van der Waals surface area contributed by atoms with Crippen molar-refractivity contribution >= 4 is 24.0 Å². The van der Waals surface area contributed by atoms with E-state index in [0.717, 1.165) is 24.5 Å². The Hall–Kier alpha value is -3.57. The summed E-state index contributed by atoms with van der Waals surface area (Å²) in [6.45, 7) is -0.0686. The van der Waals surface area contributed by atoms with E-state index in [-0.39, 0.29) is 12.1 Å². The van der Waals surface area contributed by atoms with Gasteiger partial charge in [0, 0.05) is 17.0 Å². The molecule has 168 valence electrons. The number of hydrogen-bond acceptors (Lipinski definition) is 3. The highest BCUT2D eigenvalue weighted by atomic mass is 32.1. The molecule has 0 saturated carbocycles. The van der Waals surface area contributed by atoms with Crippen molar-refractivity contribution < 1.29 is 22.0 Å². The Balaban J connectivity index is 2.34. The Morgan fingerprint density at radius 3 is 2.33 bits per heavy atom. The van der Waals surface area contributed by atoms with Gasteiger partial charge >= 0.3 is 6.18 Å². The lowest BCUT2D eigenvalue weighted by Gasteiger charge is -2.30. The number of aromatic nitrogens is 1. The molecule has 0 bridgehead atoms. The maximum atomic E-state index is 14.6. The lowest BCUT2D eigenvalue weighted by Crippen LogP contribution is -2.23. The fraction of sp³-hybridized carbons (Fsp3) is 0.0800. The molecule has 0 aliphatic rings. The van der Waals surface area contributed by atoms with Crippen LogP contribution in [0.1, 0.15) is 5.56 Å². The first-order chi connectivity index (χ1) is 15.8. The standard InChI is InChI=1S/C25H17F5N2S/c1-2-3-4-5-8-14-32(21-12-6-7-13-22(21)33)24-17(10-9-11-18(24)25(28,29)30)23-19(26)15-31-16-20(23)27/h1,3-13,15-16,33H,14H2/b4-3-,8-5-. The number of hydrogen-bond donors (Lipinski definition) is 1. The Morgan fingerprint density at radius 2 is 1.70 bits per heavy atom. The molecule has 2 aromatic carbocycles. The number of rotatable bonds is 6. The summed E-state index contributed by atoms with van der Waals surface area (Å²) in [4.78, 5) is 5.12. The molecule has 1 heterocycles. The molecule has 8 heteroatoms. The van der Waals surface area contributed by atoms with Gasteiger partial charge in [-0.2, -0.15) is 13.2 Å². The summed E-state index contributed by atoms with van der Waals surface area (Å²) >= 11 is 4.39. The summed E-state index contributed by atoms with van der Waals surface area (Å²) < 4.78 is 71.6. The zero-order chi connectivity index (χ0) is 24.0. The lowest BCUT2D eigenvalue weighted by molar-refractivity contribution is -0.137. The van der Waals surface area contributed by atoms with Crippen molar-refractivity contribution in [3.8, 4) is 23.5 Å². The second kappa shape index (κ2) is 10.4. The molecular weight excluding hydrogens is 455 g/mol. The van der Waals surface area contributed by atoms with E-state index in [1.807, 2.05) is 0 Å². The van der Waals surface area contributed by atoms with Crippen LogP contribution in [0.15, 0.2) is 84.1 Å². The Labute approximate surface area is 193 Å². The Morgan fingerprint density at radius 1 is 1.00 bits per heavy atom. The average Bonchev–Trinajstić information content (AvgIpc) is 2.76. The van der Waals surface area contributed by atoms with Gasteiger partial charge < -0.3 is 4.90 Å². The van der Waals surface area contributed by atoms with Gasteiger partial charge in [-0.05, 0) is 24.3 Å². The van der Waals surface area contributed by atoms with Gasteiger partial charge in [0.05, 0.1) is 34.9 Å². The van der Waals surface area contributed by atoms with E-state index in [1.165, 1.54) is 17.0 Å². The molecule has 0 amide bonds. The highest BCUT2D eigenvalue weighted by Gasteiger charge is 2.37. The zero-order valence-electron chi connectivity index (χ0n) is 17.0. The minimum absolute atomic E-state index is 0.0686. The molecule has 3 aromatic rings. The number of allylic oxidation sites excluding steroid dienone is 3. The maximum absolute atomic E-state index is 14.6. The normalized spacial score (nSPS) is 11.8. The van der Waals surface area contributed by atoms with E-state index < -0.39 is 34.6 Å². The fourth-order valence-electron chi connectivity index (χ4n) is 3.29. The van der Waals surface area contributed by atoms with Gasteiger partial charge in [-0.15, -0.1) is 19.1 Å². The number of alkyl halides is 3. The van der Waals surface area contributed by atoms with E-state index in [0.29, 0.717) is 10.6 Å². The van der Waals surface area contributed by atoms with Crippen molar-refractivity contribution in [3.63, 3.8) is 0 Å². The molecule has 33 heavy (non-hydrogen) atoms. The van der Waals surface area contributed by atoms with Gasteiger partial charge in [0.2, 0.25) is 0 Å². The van der Waals surface area contributed by atoms with Crippen LogP contribution in [-0.4, -0.2) is 11.5 Å². The number of nitrogens with zero attached hydrogens (tertiary/aromatic N) is 2. The van der Waals surface area contributed by atoms with Gasteiger partial charge in [-0.25, -0.2) is 8.78 Å². The predicted molar refractivity (Wildman–Crippen MR) is 122 cm³/mol. The van der Waals surface area contributed by atoms with Crippen LogP contribution in [0.4, 0.5) is 33.3 Å². The SMILES string of the molecule is C#C/C=C\C=C/CN(c1ccccc1S)c1c(-c2c(F)cncc2F)cccc1C(F)(F)F. The first-order valence-corrected chi connectivity index (χ1v) is 10.0. The van der Waals surface area contributed by atoms with Crippen molar-refractivity contribution in [3.05, 3.63) is 96.4 Å². The van der Waals surface area contributed by atoms with E-state index in [9.17, 15) is 22.0 Å². The molecule has 1 aromatic heterocycles. The summed E-state index contributed by atoms with van der Waals surface area (Å²) in [6.07, 6.45) is 7.97. The Kier molecular flexibility index (Phi) is 7.56. The van der Waals surface area contributed by atoms with E-state index in [1.54, 1.807) is 42.5 Å². The van der Waals surface area contributed by atoms with Crippen LogP contribution < -0.4 is 4.90 Å². The molecule has 0 fully saturated rings. The largest absolute Gasteiger partial charge is 0.418 e. The van der Waals surface area contributed by atoms with Crippen molar-refractivity contribution in [2.75, 3.05) is 11.4 Å². The van der Waals surface area contributed by atoms with Gasteiger partial charge in [-0.3, -0.25) is 4.98 Å². The van der Waals surface area contributed by atoms with E-state index in [2.05, 4.69) is 23.5 Å². The quantitative estimate of drug-likeness (QED) is 0.177. The van der Waals surface area contributed by atoms with Crippen molar-refractivity contribution in [2.45, 2.75) is 11.1 Å². The molecule has 0 atom stereocenters. The molecule has 0 aliphatic heterocycles. The van der Waals surface area contributed by atoms with Crippen LogP contribution in [0.2, 0.25) is 0 Å². The summed E-state index contributed by atoms with van der Waals surface area (Å²) in [5.74, 6) is 0.142. The molecule has 0 unspecified atom stereocenters. The molecular formula is C25H17F5N2S. The van der Waals surface area contributed by atoms with Gasteiger partial charge in [0.25, 0.3) is 0 Å². The molecule has 0 saturated heterocycles. The number of pyridine rings is 1. The highest BCUT2D eigenvalue weighted by molar-refractivity contribution is 7.80. The third-order valence-corrected chi connectivity index (χ3v) is 5.01. The van der Waals surface area contributed by atoms with Crippen LogP contribution in [0.3, 0.4) is 0 Å². The number of halogens is 5. The molecule has 2 nitrogen and oxygen atoms in total. The number of terminal acetylenes is 1. The number of para-hydroxylation sites is 2. The fourth-order valence-corrected chi connectivity index (χ4v) is 3.57. The van der Waals surface area contributed by atoms with E-state index in [4.69, 9.17) is 6.42 Å². The van der Waals surface area contributed by atoms with Gasteiger partial charge in [0.15, 0.2) is 11.6 Å². The second-order valence-corrected chi connectivity index (χ2v) is 7.21. The van der Waals surface area contributed by atoms with Gasteiger partial charge in [-0.1, -0.05) is 48.4 Å². The zero-order valence-corrected chi connectivity index (χ0v) is 17.9. The maximum Gasteiger partial charge on any atom is 0.418 e. The van der Waals surface area contributed by atoms with Crippen molar-refractivity contribution in [1.29, 1.82) is 0 Å². The number of thiol groups is 1. The smallest absolute Gasteiger partial charge is 0.336 e. The molecule has 3 rings (SSSR count). The number of anilines is 2. The minimum Gasteiger partial charge on any atom is -0.336 e. The van der Waals surface area contributed by atoms with Crippen molar-refractivity contribution in [2.24, 2.45) is 0 Å². The van der Waals surface area contributed by atoms with Crippen LogP contribution in [0, 0.1) is 24.0 Å². The van der Waals surface area contributed by atoms with E-state index >= 15 is 0 Å². The van der Waals surface area contributed by atoms with Crippen LogP contribution in [0.5, 0.6) is 0 Å². The molecule has 0 N–H and O–H groups in total. The highest BCUT2D eigenvalue weighted by Crippen LogP contribution is 2.46. The first kappa shape index (κ1) is 24.1. The van der Waals surface area contributed by atoms with Crippen LogP contribution in [0.25, 0.3) is 11.1 Å². The van der Waals surface area contributed by atoms with Crippen molar-refractivity contribution in [1.82, 2.24) is 4.98 Å². The monoisotopic (exact) mass is 472 g/mol. The van der Waals surface area contributed by atoms with Gasteiger partial charge in [0.1, 0.15) is 0 Å². The average molecular weight is 472 g/mol. The summed E-state index contributed by atoms with van der Waals surface area (Å²) in [5, 5.41) is 0. The summed E-state index contributed by atoms with van der Waals surface area (Å²) in [6, 6.07) is 9.70.